The van der Waals surface area contributed by atoms with E-state index in [9.17, 15) is 4.39 Å². The summed E-state index contributed by atoms with van der Waals surface area (Å²) in [5, 5.41) is 9.06. The summed E-state index contributed by atoms with van der Waals surface area (Å²) >= 11 is 0. The van der Waals surface area contributed by atoms with Crippen molar-refractivity contribution < 1.29 is 4.39 Å². The average Bonchev–Trinajstić information content (AvgIpc) is 2.80. The number of nitrogens with zero attached hydrogens (tertiary/aromatic N) is 1. The molecule has 2 aromatic rings. The molecule has 4 rings (SSSR count). The first-order chi connectivity index (χ1) is 14.7. The summed E-state index contributed by atoms with van der Waals surface area (Å²) in [5.41, 5.74) is 4.90. The molecule has 158 valence electrons. The summed E-state index contributed by atoms with van der Waals surface area (Å²) in [7, 11) is 0. The smallest absolute Gasteiger partial charge is 0.144 e. The highest BCUT2D eigenvalue weighted by atomic mass is 19.1. The molecular formula is C28H34FN. The Kier molecular flexibility index (Phi) is 6.88. The molecule has 1 unspecified atom stereocenters. The van der Waals surface area contributed by atoms with E-state index in [4.69, 9.17) is 5.26 Å². The number of nitriles is 1. The predicted molar refractivity (Wildman–Crippen MR) is 121 cm³/mol. The predicted octanol–water partition coefficient (Wildman–Crippen LogP) is 7.82. The molecule has 0 heterocycles. The zero-order chi connectivity index (χ0) is 20.9. The fraction of sp³-hybridized carbons (Fsp3) is 0.536. The lowest BCUT2D eigenvalue weighted by Crippen LogP contribution is -2.15. The van der Waals surface area contributed by atoms with Crippen LogP contribution < -0.4 is 0 Å². The largest absolute Gasteiger partial charge is 0.205 e. The van der Waals surface area contributed by atoms with Crippen molar-refractivity contribution in [2.45, 2.75) is 89.4 Å². The van der Waals surface area contributed by atoms with Crippen molar-refractivity contribution in [1.82, 2.24) is 0 Å². The second-order valence-electron chi connectivity index (χ2n) is 9.50. The molecule has 1 nitrogen and oxygen atoms in total. The normalized spacial score (nSPS) is 23.6. The molecule has 0 spiro atoms. The van der Waals surface area contributed by atoms with E-state index < -0.39 is 0 Å². The number of hydrogen-bond donors (Lipinski definition) is 0. The molecule has 0 N–H and O–H groups in total. The van der Waals surface area contributed by atoms with Gasteiger partial charge in [-0.05, 0) is 91.0 Å². The molecule has 1 fully saturated rings. The minimum absolute atomic E-state index is 0.177. The standard InChI is InChI=1S/C28H34FN/c1-2-3-4-5-20-6-8-21(9-7-20)22-10-12-23(13-11-22)24-16-17-27-25(18-24)14-15-26(19-30)28(27)29/h10-15,20-21,24H,2-9,16-18H2,1H3. The van der Waals surface area contributed by atoms with Crippen LogP contribution in [0.25, 0.3) is 0 Å². The van der Waals surface area contributed by atoms with E-state index in [1.165, 1.54) is 62.5 Å². The number of hydrogen-bond acceptors (Lipinski definition) is 1. The van der Waals surface area contributed by atoms with Crippen molar-refractivity contribution >= 4 is 0 Å². The van der Waals surface area contributed by atoms with Crippen molar-refractivity contribution in [2.75, 3.05) is 0 Å². The van der Waals surface area contributed by atoms with Crippen LogP contribution in [0.3, 0.4) is 0 Å². The lowest BCUT2D eigenvalue weighted by Gasteiger charge is -2.29. The molecule has 2 aromatic carbocycles. The number of fused-ring (bicyclic) bond motifs is 1. The Labute approximate surface area is 181 Å². The van der Waals surface area contributed by atoms with Crippen LogP contribution in [-0.2, 0) is 12.8 Å². The van der Waals surface area contributed by atoms with E-state index in [1.54, 1.807) is 6.07 Å². The second kappa shape index (κ2) is 9.78. The summed E-state index contributed by atoms with van der Waals surface area (Å²) < 4.78 is 14.4. The van der Waals surface area contributed by atoms with Gasteiger partial charge < -0.3 is 0 Å². The van der Waals surface area contributed by atoms with Gasteiger partial charge in [0.2, 0.25) is 0 Å². The Morgan fingerprint density at radius 3 is 2.27 bits per heavy atom. The van der Waals surface area contributed by atoms with Crippen molar-refractivity contribution in [3.8, 4) is 6.07 Å². The first-order valence-corrected chi connectivity index (χ1v) is 12.0. The van der Waals surface area contributed by atoms with E-state index >= 15 is 0 Å². The topological polar surface area (TPSA) is 23.8 Å². The maximum atomic E-state index is 14.4. The Morgan fingerprint density at radius 1 is 0.900 bits per heavy atom. The van der Waals surface area contributed by atoms with Gasteiger partial charge in [-0.25, -0.2) is 4.39 Å². The van der Waals surface area contributed by atoms with Crippen LogP contribution in [0.15, 0.2) is 36.4 Å². The molecule has 2 aliphatic rings. The van der Waals surface area contributed by atoms with Gasteiger partial charge >= 0.3 is 0 Å². The number of benzene rings is 2. The Bertz CT molecular complexity index is 884. The van der Waals surface area contributed by atoms with Gasteiger partial charge in [0, 0.05) is 0 Å². The van der Waals surface area contributed by atoms with Gasteiger partial charge in [0.1, 0.15) is 11.9 Å². The van der Waals surface area contributed by atoms with Crippen molar-refractivity contribution in [3.05, 3.63) is 70.0 Å². The van der Waals surface area contributed by atoms with E-state index in [1.807, 2.05) is 12.1 Å². The van der Waals surface area contributed by atoms with Crippen LogP contribution in [0.2, 0.25) is 0 Å². The fourth-order valence-electron chi connectivity index (χ4n) is 5.69. The van der Waals surface area contributed by atoms with E-state index in [0.717, 1.165) is 42.2 Å². The summed E-state index contributed by atoms with van der Waals surface area (Å²) in [6, 6.07) is 14.9. The van der Waals surface area contributed by atoms with E-state index in [2.05, 4.69) is 31.2 Å². The number of halogens is 1. The van der Waals surface area contributed by atoms with Gasteiger partial charge in [-0.3, -0.25) is 0 Å². The van der Waals surface area contributed by atoms with Crippen molar-refractivity contribution in [2.24, 2.45) is 5.92 Å². The van der Waals surface area contributed by atoms with Crippen molar-refractivity contribution in [3.63, 3.8) is 0 Å². The van der Waals surface area contributed by atoms with Gasteiger partial charge in [-0.15, -0.1) is 0 Å². The number of rotatable bonds is 6. The Hall–Kier alpha value is -2.14. The fourth-order valence-corrected chi connectivity index (χ4v) is 5.69. The average molecular weight is 404 g/mol. The first-order valence-electron chi connectivity index (χ1n) is 12.0. The molecule has 0 saturated heterocycles. The first kappa shape index (κ1) is 21.1. The third-order valence-electron chi connectivity index (χ3n) is 7.61. The van der Waals surface area contributed by atoms with Gasteiger partial charge in [0.05, 0.1) is 5.56 Å². The highest BCUT2D eigenvalue weighted by Crippen LogP contribution is 2.39. The Balaban J connectivity index is 1.36. The molecular weight excluding hydrogens is 369 g/mol. The van der Waals surface area contributed by atoms with Gasteiger partial charge in [-0.1, -0.05) is 62.9 Å². The second-order valence-corrected chi connectivity index (χ2v) is 9.50. The van der Waals surface area contributed by atoms with Crippen LogP contribution >= 0.6 is 0 Å². The van der Waals surface area contributed by atoms with Crippen LogP contribution in [0.4, 0.5) is 4.39 Å². The maximum absolute atomic E-state index is 14.4. The summed E-state index contributed by atoms with van der Waals surface area (Å²) in [5.74, 6) is 1.84. The van der Waals surface area contributed by atoms with Crippen LogP contribution in [0.5, 0.6) is 0 Å². The number of unbranched alkanes of at least 4 members (excludes halogenated alkanes) is 2. The molecule has 0 aliphatic heterocycles. The van der Waals surface area contributed by atoms with Crippen LogP contribution in [0, 0.1) is 23.1 Å². The minimum Gasteiger partial charge on any atom is -0.205 e. The highest BCUT2D eigenvalue weighted by molar-refractivity contribution is 5.43. The molecule has 2 aliphatic carbocycles. The zero-order valence-electron chi connectivity index (χ0n) is 18.3. The van der Waals surface area contributed by atoms with Gasteiger partial charge in [0.15, 0.2) is 0 Å². The maximum Gasteiger partial charge on any atom is 0.144 e. The van der Waals surface area contributed by atoms with Crippen LogP contribution in [0.1, 0.15) is 104 Å². The summed E-state index contributed by atoms with van der Waals surface area (Å²) in [6.45, 7) is 2.29. The van der Waals surface area contributed by atoms with Gasteiger partial charge in [-0.2, -0.15) is 5.26 Å². The molecule has 1 saturated carbocycles. The van der Waals surface area contributed by atoms with E-state index in [0.29, 0.717) is 5.92 Å². The van der Waals surface area contributed by atoms with Gasteiger partial charge in [0.25, 0.3) is 0 Å². The SMILES string of the molecule is CCCCCC1CCC(c2ccc(C3CCc4c(ccc(C#N)c4F)C3)cc2)CC1. The summed E-state index contributed by atoms with van der Waals surface area (Å²) in [6.07, 6.45) is 13.6. The Morgan fingerprint density at radius 2 is 1.60 bits per heavy atom. The highest BCUT2D eigenvalue weighted by Gasteiger charge is 2.25. The molecule has 2 heteroatoms. The van der Waals surface area contributed by atoms with Crippen molar-refractivity contribution in [1.29, 1.82) is 5.26 Å². The third-order valence-corrected chi connectivity index (χ3v) is 7.61. The molecule has 30 heavy (non-hydrogen) atoms. The van der Waals surface area contributed by atoms with Crippen LogP contribution in [-0.4, -0.2) is 0 Å². The zero-order valence-corrected chi connectivity index (χ0v) is 18.3. The molecule has 0 amide bonds. The molecule has 0 radical (unpaired) electrons. The monoisotopic (exact) mass is 403 g/mol. The lowest BCUT2D eigenvalue weighted by molar-refractivity contribution is 0.303. The lowest BCUT2D eigenvalue weighted by atomic mass is 9.76. The van der Waals surface area contributed by atoms with E-state index in [-0.39, 0.29) is 11.4 Å². The molecule has 0 aromatic heterocycles. The summed E-state index contributed by atoms with van der Waals surface area (Å²) in [4.78, 5) is 0. The third kappa shape index (κ3) is 4.61. The minimum atomic E-state index is -0.297. The quantitative estimate of drug-likeness (QED) is 0.451. The molecule has 0 bridgehead atoms. The molecule has 1 atom stereocenters.